The van der Waals surface area contributed by atoms with Crippen molar-refractivity contribution in [2.45, 2.75) is 13.3 Å². The van der Waals surface area contributed by atoms with Gasteiger partial charge in [-0.3, -0.25) is 14.2 Å². The van der Waals surface area contributed by atoms with Gasteiger partial charge in [0.05, 0.1) is 11.9 Å². The Morgan fingerprint density at radius 3 is 2.36 bits per heavy atom. The van der Waals surface area contributed by atoms with Gasteiger partial charge in [0.25, 0.3) is 5.91 Å². The molecule has 0 saturated heterocycles. The second kappa shape index (κ2) is 6.01. The summed E-state index contributed by atoms with van der Waals surface area (Å²) in [5.41, 5.74) is 0.917. The Bertz CT molecular complexity index is 1010. The van der Waals surface area contributed by atoms with Gasteiger partial charge in [0.1, 0.15) is 5.82 Å². The number of rotatable bonds is 3. The molecule has 0 amide bonds. The van der Waals surface area contributed by atoms with Crippen LogP contribution in [-0.4, -0.2) is 26.7 Å². The first kappa shape index (κ1) is 16.6. The molecule has 1 heterocycles. The van der Waals surface area contributed by atoms with Gasteiger partial charge >= 0.3 is 5.97 Å². The third-order valence-electron chi connectivity index (χ3n) is 4.03. The summed E-state index contributed by atoms with van der Waals surface area (Å²) in [6, 6.07) is 6.90. The Morgan fingerprint density at radius 2 is 1.76 bits per heavy atom. The number of carbonyl (C=O) groups is 2. The van der Waals surface area contributed by atoms with Crippen LogP contribution in [0.3, 0.4) is 0 Å². The normalized spacial score (nSPS) is 11.0. The minimum Gasteiger partial charge on any atom is -0.505 e. The molecule has 0 spiro atoms. The number of aliphatic carboxylic acids is 1. The number of carboxylic acid groups (broad SMARTS) is 1. The summed E-state index contributed by atoms with van der Waals surface area (Å²) >= 11 is 0. The molecule has 0 aliphatic carbocycles. The van der Waals surface area contributed by atoms with Crippen LogP contribution >= 0.6 is 0 Å². The van der Waals surface area contributed by atoms with Crippen LogP contribution < -0.4 is 0 Å². The predicted molar refractivity (Wildman–Crippen MR) is 85.8 cm³/mol. The first-order valence-corrected chi connectivity index (χ1v) is 7.34. The van der Waals surface area contributed by atoms with Crippen molar-refractivity contribution in [2.24, 2.45) is 0 Å². The molecule has 1 aromatic heterocycles. The SMILES string of the molecule is Cc1c(CC(=O)O)c2cc(O)c(F)cc2n1C(=O)c1ccc(F)cc1. The van der Waals surface area contributed by atoms with E-state index in [2.05, 4.69) is 0 Å². The molecule has 5 nitrogen and oxygen atoms in total. The smallest absolute Gasteiger partial charge is 0.307 e. The fraction of sp³-hybridized carbons (Fsp3) is 0.111. The van der Waals surface area contributed by atoms with Crippen molar-refractivity contribution in [3.05, 3.63) is 64.9 Å². The number of aromatic nitrogens is 1. The van der Waals surface area contributed by atoms with Crippen LogP contribution in [0.25, 0.3) is 10.9 Å². The minimum atomic E-state index is -1.12. The summed E-state index contributed by atoms with van der Waals surface area (Å²) in [6.07, 6.45) is -0.392. The van der Waals surface area contributed by atoms with Crippen LogP contribution in [0.5, 0.6) is 5.75 Å². The molecule has 0 radical (unpaired) electrons. The van der Waals surface area contributed by atoms with Gasteiger partial charge in [-0.1, -0.05) is 0 Å². The lowest BCUT2D eigenvalue weighted by Crippen LogP contribution is -2.14. The lowest BCUT2D eigenvalue weighted by Gasteiger charge is -2.08. The minimum absolute atomic E-state index is 0.137. The van der Waals surface area contributed by atoms with Crippen LogP contribution in [0, 0.1) is 18.6 Å². The summed E-state index contributed by atoms with van der Waals surface area (Å²) in [6.45, 7) is 1.54. The molecular formula is C18H13F2NO4. The number of nitrogens with zero attached hydrogens (tertiary/aromatic N) is 1. The average Bonchev–Trinajstić information content (AvgIpc) is 2.80. The highest BCUT2D eigenvalue weighted by atomic mass is 19.1. The summed E-state index contributed by atoms with van der Waals surface area (Å²) in [7, 11) is 0. The molecular weight excluding hydrogens is 332 g/mol. The monoisotopic (exact) mass is 345 g/mol. The first-order valence-electron chi connectivity index (χ1n) is 7.34. The number of fused-ring (bicyclic) bond motifs is 1. The molecule has 7 heteroatoms. The molecule has 0 atom stereocenters. The Balaban J connectivity index is 2.28. The lowest BCUT2D eigenvalue weighted by atomic mass is 10.1. The average molecular weight is 345 g/mol. The zero-order valence-electron chi connectivity index (χ0n) is 13.1. The van der Waals surface area contributed by atoms with Crippen molar-refractivity contribution in [3.8, 4) is 5.75 Å². The van der Waals surface area contributed by atoms with Gasteiger partial charge in [-0.25, -0.2) is 8.78 Å². The maximum Gasteiger partial charge on any atom is 0.307 e. The topological polar surface area (TPSA) is 79.5 Å². The molecule has 0 bridgehead atoms. The Hall–Kier alpha value is -3.22. The number of hydrogen-bond donors (Lipinski definition) is 2. The number of phenols is 1. The number of benzene rings is 2. The van der Waals surface area contributed by atoms with Crippen molar-refractivity contribution in [3.63, 3.8) is 0 Å². The quantitative estimate of drug-likeness (QED) is 0.764. The van der Waals surface area contributed by atoms with Crippen LogP contribution in [-0.2, 0) is 11.2 Å². The predicted octanol–water partition coefficient (Wildman–Crippen LogP) is 3.25. The lowest BCUT2D eigenvalue weighted by molar-refractivity contribution is -0.136. The molecule has 0 fully saturated rings. The highest BCUT2D eigenvalue weighted by molar-refractivity contribution is 6.04. The van der Waals surface area contributed by atoms with Gasteiger partial charge in [-0.2, -0.15) is 0 Å². The fourth-order valence-corrected chi connectivity index (χ4v) is 2.85. The van der Waals surface area contributed by atoms with Gasteiger partial charge in [-0.05, 0) is 42.8 Å². The summed E-state index contributed by atoms with van der Waals surface area (Å²) in [5, 5.41) is 19.0. The molecule has 128 valence electrons. The van der Waals surface area contributed by atoms with Crippen LogP contribution in [0.1, 0.15) is 21.6 Å². The molecule has 0 unspecified atom stereocenters. The summed E-state index contributed by atoms with van der Waals surface area (Å²) in [5.74, 6) is -3.75. The molecule has 3 aromatic rings. The Kier molecular flexibility index (Phi) is 4.00. The van der Waals surface area contributed by atoms with Gasteiger partial charge in [0.15, 0.2) is 11.6 Å². The number of phenolic OH excluding ortho intramolecular Hbond substituents is 1. The second-order valence-electron chi connectivity index (χ2n) is 5.60. The summed E-state index contributed by atoms with van der Waals surface area (Å²) < 4.78 is 28.0. The van der Waals surface area contributed by atoms with E-state index in [0.717, 1.165) is 24.3 Å². The standard InChI is InChI=1S/C18H13F2NO4/c1-9-12(7-17(23)24)13-6-16(22)14(20)8-15(13)21(9)18(25)10-2-4-11(19)5-3-10/h2-6,8,22H,7H2,1H3,(H,23,24). The van der Waals surface area contributed by atoms with Crippen molar-refractivity contribution >= 4 is 22.8 Å². The van der Waals surface area contributed by atoms with E-state index >= 15 is 0 Å². The zero-order chi connectivity index (χ0) is 18.3. The summed E-state index contributed by atoms with van der Waals surface area (Å²) in [4.78, 5) is 23.9. The van der Waals surface area contributed by atoms with Crippen molar-refractivity contribution in [2.75, 3.05) is 0 Å². The fourth-order valence-electron chi connectivity index (χ4n) is 2.85. The van der Waals surface area contributed by atoms with Gasteiger partial charge in [-0.15, -0.1) is 0 Å². The van der Waals surface area contributed by atoms with E-state index in [-0.39, 0.29) is 16.5 Å². The highest BCUT2D eigenvalue weighted by Gasteiger charge is 2.23. The maximum absolute atomic E-state index is 13.8. The molecule has 3 rings (SSSR count). The van der Waals surface area contributed by atoms with Crippen LogP contribution in [0.4, 0.5) is 8.78 Å². The Morgan fingerprint density at radius 1 is 1.12 bits per heavy atom. The van der Waals surface area contributed by atoms with E-state index in [0.29, 0.717) is 11.3 Å². The molecule has 2 aromatic carbocycles. The maximum atomic E-state index is 13.8. The largest absolute Gasteiger partial charge is 0.505 e. The second-order valence-corrected chi connectivity index (χ2v) is 5.60. The van der Waals surface area contributed by atoms with Gasteiger partial charge < -0.3 is 10.2 Å². The highest BCUT2D eigenvalue weighted by Crippen LogP contribution is 2.32. The third-order valence-corrected chi connectivity index (χ3v) is 4.03. The number of hydrogen-bond acceptors (Lipinski definition) is 3. The van der Waals surface area contributed by atoms with Crippen molar-refractivity contribution < 1.29 is 28.6 Å². The van der Waals surface area contributed by atoms with E-state index in [1.54, 1.807) is 0 Å². The van der Waals surface area contributed by atoms with Gasteiger partial charge in [0, 0.05) is 22.7 Å². The van der Waals surface area contributed by atoms with Crippen molar-refractivity contribution in [1.82, 2.24) is 4.57 Å². The molecule has 0 aliphatic rings. The van der Waals surface area contributed by atoms with Crippen LogP contribution in [0.2, 0.25) is 0 Å². The Labute approximate surface area is 140 Å². The van der Waals surface area contributed by atoms with Gasteiger partial charge in [0.2, 0.25) is 0 Å². The van der Waals surface area contributed by atoms with E-state index in [1.807, 2.05) is 0 Å². The number of carbonyl (C=O) groups excluding carboxylic acids is 1. The van der Waals surface area contributed by atoms with Crippen LogP contribution in [0.15, 0.2) is 36.4 Å². The van der Waals surface area contributed by atoms with E-state index in [4.69, 9.17) is 5.11 Å². The molecule has 0 aliphatic heterocycles. The number of halogens is 2. The van der Waals surface area contributed by atoms with E-state index in [9.17, 15) is 23.5 Å². The molecule has 25 heavy (non-hydrogen) atoms. The molecule has 0 saturated carbocycles. The third kappa shape index (κ3) is 2.84. The molecule has 2 N–H and O–H groups in total. The zero-order valence-corrected chi connectivity index (χ0v) is 13.1. The van der Waals surface area contributed by atoms with E-state index < -0.39 is 35.7 Å². The number of aromatic hydroxyl groups is 1. The first-order chi connectivity index (χ1) is 11.8. The van der Waals surface area contributed by atoms with E-state index in [1.165, 1.54) is 23.6 Å². The van der Waals surface area contributed by atoms with Crippen molar-refractivity contribution in [1.29, 1.82) is 0 Å². The number of carboxylic acids is 1.